The van der Waals surface area contributed by atoms with Crippen LogP contribution in [-0.2, 0) is 12.1 Å². The Balaban J connectivity index is 0.000000311. The van der Waals surface area contributed by atoms with Crippen LogP contribution in [0, 0.1) is 0 Å². The number of hydrogen-bond acceptors (Lipinski definition) is 2. The van der Waals surface area contributed by atoms with Gasteiger partial charge in [0.2, 0.25) is 0 Å². The average molecular weight is 461 g/mol. The fourth-order valence-corrected chi connectivity index (χ4v) is 3.61. The molecule has 2 rings (SSSR count). The van der Waals surface area contributed by atoms with Gasteiger partial charge in [0.15, 0.2) is 0 Å². The van der Waals surface area contributed by atoms with Crippen molar-refractivity contribution in [2.24, 2.45) is 0 Å². The second kappa shape index (κ2) is 11.8. The molecule has 0 unspecified atom stereocenters. The zero-order valence-corrected chi connectivity index (χ0v) is 19.8. The van der Waals surface area contributed by atoms with Crippen molar-refractivity contribution in [3.63, 3.8) is 0 Å². The first-order valence-corrected chi connectivity index (χ1v) is 10.9. The van der Waals surface area contributed by atoms with Crippen LogP contribution in [0.15, 0.2) is 54.6 Å². The molecule has 2 aromatic carbocycles. The molecule has 174 valence electrons. The summed E-state index contributed by atoms with van der Waals surface area (Å²) in [7, 11) is 0. The summed E-state index contributed by atoms with van der Waals surface area (Å²) in [5, 5.41) is 0.467. The van der Waals surface area contributed by atoms with Gasteiger partial charge in [-0.1, -0.05) is 67.9 Å². The summed E-state index contributed by atoms with van der Waals surface area (Å²) in [5.74, 6) is 0. The highest BCUT2D eigenvalue weighted by Gasteiger charge is 2.42. The first-order chi connectivity index (χ1) is 14.4. The molecule has 0 heterocycles. The van der Waals surface area contributed by atoms with Crippen LogP contribution in [0.5, 0.6) is 0 Å². The maximum absolute atomic E-state index is 14.2. The fraction of sp³-hybridized carbons (Fsp3) is 0.500. The lowest BCUT2D eigenvalue weighted by Gasteiger charge is -2.37. The van der Waals surface area contributed by atoms with E-state index < -0.39 is 12.1 Å². The van der Waals surface area contributed by atoms with E-state index >= 15 is 0 Å². The molecule has 0 amide bonds. The number of hydrogen-bond donors (Lipinski definition) is 0. The molecular formula is C24H33ClF4N2. The van der Waals surface area contributed by atoms with E-state index in [1.807, 2.05) is 0 Å². The second-order valence-electron chi connectivity index (χ2n) is 7.72. The van der Waals surface area contributed by atoms with Crippen molar-refractivity contribution in [3.8, 4) is 0 Å². The molecule has 0 N–H and O–H groups in total. The van der Waals surface area contributed by atoms with Crippen molar-refractivity contribution >= 4 is 11.6 Å². The molecule has 0 aliphatic rings. The number of rotatable bonds is 8. The van der Waals surface area contributed by atoms with Crippen LogP contribution in [0.2, 0.25) is 5.02 Å². The molecule has 0 aromatic heterocycles. The van der Waals surface area contributed by atoms with Crippen LogP contribution in [-0.4, -0.2) is 35.0 Å². The lowest BCUT2D eigenvalue weighted by Crippen LogP contribution is -2.48. The first-order valence-electron chi connectivity index (χ1n) is 10.5. The summed E-state index contributed by atoms with van der Waals surface area (Å²) in [6.45, 7) is 11.2. The molecule has 0 aliphatic heterocycles. The van der Waals surface area contributed by atoms with Crippen LogP contribution in [0.3, 0.4) is 0 Å². The standard InChI is InChI=1S/C13H19F2N.C11H14ClF2N/c1-10(2)16(11(3)4)13(14,15)12-8-6-5-7-9-12;1-3-15(4-2)11(13,14)9-5-7-10(12)8-6-9/h5-11H,1-4H3;5-8H,3-4H2,1-2H3. The predicted molar refractivity (Wildman–Crippen MR) is 121 cm³/mol. The Morgan fingerprint density at radius 3 is 1.52 bits per heavy atom. The maximum Gasteiger partial charge on any atom is 0.332 e. The van der Waals surface area contributed by atoms with E-state index in [4.69, 9.17) is 11.6 Å². The van der Waals surface area contributed by atoms with Gasteiger partial charge in [0.05, 0.1) is 0 Å². The van der Waals surface area contributed by atoms with Crippen LogP contribution >= 0.6 is 11.6 Å². The molecule has 0 saturated carbocycles. The van der Waals surface area contributed by atoms with Gasteiger partial charge < -0.3 is 0 Å². The molecule has 0 radical (unpaired) electrons. The van der Waals surface area contributed by atoms with Gasteiger partial charge in [0, 0.05) is 41.3 Å². The Kier molecular flexibility index (Phi) is 10.5. The minimum absolute atomic E-state index is 0.0180. The Hall–Kier alpha value is -1.63. The van der Waals surface area contributed by atoms with E-state index in [-0.39, 0.29) is 23.2 Å². The molecule has 0 bridgehead atoms. The van der Waals surface area contributed by atoms with Gasteiger partial charge >= 0.3 is 12.1 Å². The van der Waals surface area contributed by atoms with Crippen LogP contribution in [0.4, 0.5) is 17.6 Å². The minimum Gasteiger partial charge on any atom is -0.241 e. The molecule has 0 saturated heterocycles. The summed E-state index contributed by atoms with van der Waals surface area (Å²) in [4.78, 5) is 2.33. The third-order valence-corrected chi connectivity index (χ3v) is 5.16. The Morgan fingerprint density at radius 1 is 0.710 bits per heavy atom. The quantitative estimate of drug-likeness (QED) is 0.296. The summed E-state index contributed by atoms with van der Waals surface area (Å²) < 4.78 is 56.2. The first kappa shape index (κ1) is 27.4. The Labute approximate surface area is 188 Å². The lowest BCUT2D eigenvalue weighted by molar-refractivity contribution is -0.182. The predicted octanol–water partition coefficient (Wildman–Crippen LogP) is 7.59. The van der Waals surface area contributed by atoms with E-state index in [1.54, 1.807) is 59.7 Å². The van der Waals surface area contributed by atoms with Gasteiger partial charge in [-0.15, -0.1) is 0 Å². The largest absolute Gasteiger partial charge is 0.332 e. The van der Waals surface area contributed by atoms with Gasteiger partial charge in [0.25, 0.3) is 0 Å². The zero-order valence-electron chi connectivity index (χ0n) is 19.0. The van der Waals surface area contributed by atoms with E-state index in [1.165, 1.54) is 41.3 Å². The molecule has 2 aromatic rings. The van der Waals surface area contributed by atoms with Crippen LogP contribution in [0.25, 0.3) is 0 Å². The third-order valence-electron chi connectivity index (χ3n) is 4.91. The van der Waals surface area contributed by atoms with E-state index in [9.17, 15) is 17.6 Å². The molecule has 0 spiro atoms. The van der Waals surface area contributed by atoms with Gasteiger partial charge in [-0.3, -0.25) is 0 Å². The molecule has 0 aliphatic carbocycles. The smallest absolute Gasteiger partial charge is 0.241 e. The normalized spacial score (nSPS) is 12.5. The summed E-state index contributed by atoms with van der Waals surface area (Å²) in [6, 6.07) is 7.42. The number of halogens is 5. The summed E-state index contributed by atoms with van der Waals surface area (Å²) in [6.07, 6.45) is 0. The van der Waals surface area contributed by atoms with Crippen molar-refractivity contribution in [1.82, 2.24) is 9.80 Å². The fourth-order valence-electron chi connectivity index (χ4n) is 3.49. The highest BCUT2D eigenvalue weighted by Crippen LogP contribution is 2.35. The summed E-state index contributed by atoms with van der Waals surface area (Å²) in [5.41, 5.74) is 0.0352. The highest BCUT2D eigenvalue weighted by atomic mass is 35.5. The third kappa shape index (κ3) is 7.19. The monoisotopic (exact) mass is 460 g/mol. The van der Waals surface area contributed by atoms with Crippen molar-refractivity contribution < 1.29 is 17.6 Å². The molecule has 31 heavy (non-hydrogen) atoms. The number of nitrogens with zero attached hydrogens (tertiary/aromatic N) is 2. The Bertz CT molecular complexity index is 753. The molecular weight excluding hydrogens is 428 g/mol. The molecule has 0 fully saturated rings. The second-order valence-corrected chi connectivity index (χ2v) is 8.16. The average Bonchev–Trinajstić information content (AvgIpc) is 2.69. The Morgan fingerprint density at radius 2 is 1.13 bits per heavy atom. The highest BCUT2D eigenvalue weighted by molar-refractivity contribution is 6.30. The molecule has 7 heteroatoms. The van der Waals surface area contributed by atoms with Gasteiger partial charge in [0.1, 0.15) is 0 Å². The van der Waals surface area contributed by atoms with Gasteiger partial charge in [-0.05, 0) is 39.8 Å². The van der Waals surface area contributed by atoms with Crippen molar-refractivity contribution in [2.45, 2.75) is 65.7 Å². The molecule has 0 atom stereocenters. The minimum atomic E-state index is -2.92. The maximum atomic E-state index is 14.2. The zero-order chi connectivity index (χ0) is 23.8. The van der Waals surface area contributed by atoms with Crippen LogP contribution in [0.1, 0.15) is 52.7 Å². The van der Waals surface area contributed by atoms with Crippen molar-refractivity contribution in [2.75, 3.05) is 13.1 Å². The lowest BCUT2D eigenvalue weighted by atomic mass is 10.1. The van der Waals surface area contributed by atoms with Gasteiger partial charge in [-0.2, -0.15) is 17.6 Å². The van der Waals surface area contributed by atoms with Crippen molar-refractivity contribution in [1.29, 1.82) is 0 Å². The topological polar surface area (TPSA) is 6.48 Å². The van der Waals surface area contributed by atoms with Gasteiger partial charge in [-0.25, -0.2) is 9.80 Å². The number of alkyl halides is 4. The van der Waals surface area contributed by atoms with E-state index in [0.717, 1.165) is 4.90 Å². The van der Waals surface area contributed by atoms with E-state index in [2.05, 4.69) is 0 Å². The molecule has 2 nitrogen and oxygen atoms in total. The number of benzene rings is 2. The SMILES string of the molecule is CC(C)N(C(C)C)C(F)(F)c1ccccc1.CCN(CC)C(F)(F)c1ccc(Cl)cc1. The van der Waals surface area contributed by atoms with Crippen LogP contribution < -0.4 is 0 Å². The summed E-state index contributed by atoms with van der Waals surface area (Å²) >= 11 is 5.65. The van der Waals surface area contributed by atoms with E-state index in [0.29, 0.717) is 18.1 Å². The van der Waals surface area contributed by atoms with Crippen molar-refractivity contribution in [3.05, 3.63) is 70.7 Å².